The predicted molar refractivity (Wildman–Crippen MR) is 116 cm³/mol. The normalized spacial score (nSPS) is 17.1. The van der Waals surface area contributed by atoms with E-state index in [0.29, 0.717) is 12.6 Å². The molecule has 30 heavy (non-hydrogen) atoms. The third-order valence-corrected chi connectivity index (χ3v) is 5.23. The summed E-state index contributed by atoms with van der Waals surface area (Å²) in [5.74, 6) is 1.50. The van der Waals surface area contributed by atoms with E-state index in [4.69, 9.17) is 14.5 Å². The first kappa shape index (κ1) is 20.3. The fourth-order valence-electron chi connectivity index (χ4n) is 3.66. The zero-order valence-electron chi connectivity index (χ0n) is 17.9. The molecule has 0 radical (unpaired) electrons. The van der Waals surface area contributed by atoms with Crippen LogP contribution < -0.4 is 9.64 Å². The Morgan fingerprint density at radius 3 is 2.67 bits per heavy atom. The molecule has 8 nitrogen and oxygen atoms in total. The van der Waals surface area contributed by atoms with Crippen LogP contribution in [0.3, 0.4) is 0 Å². The Bertz CT molecular complexity index is 986. The quantitative estimate of drug-likeness (QED) is 0.621. The third-order valence-electron chi connectivity index (χ3n) is 5.23. The number of methoxy groups -OCH3 is 1. The number of nitrogens with zero attached hydrogens (tertiary/aromatic N) is 6. The molecule has 0 bridgehead atoms. The summed E-state index contributed by atoms with van der Waals surface area (Å²) in [6.07, 6.45) is 5.74. The van der Waals surface area contributed by atoms with E-state index in [1.807, 2.05) is 67.4 Å². The van der Waals surface area contributed by atoms with Crippen molar-refractivity contribution in [2.45, 2.75) is 12.6 Å². The molecule has 4 rings (SSSR count). The second-order valence-electron chi connectivity index (χ2n) is 7.71. The van der Waals surface area contributed by atoms with Crippen molar-refractivity contribution in [3.05, 3.63) is 54.1 Å². The largest absolute Gasteiger partial charge is 0.497 e. The lowest BCUT2D eigenvalue weighted by atomic mass is 10.0. The Morgan fingerprint density at radius 2 is 2.00 bits per heavy atom. The lowest BCUT2D eigenvalue weighted by Gasteiger charge is -2.33. The molecule has 0 unspecified atom stereocenters. The van der Waals surface area contributed by atoms with Gasteiger partial charge in [0.05, 0.1) is 25.6 Å². The first-order valence-corrected chi connectivity index (χ1v) is 10.0. The summed E-state index contributed by atoms with van der Waals surface area (Å²) in [4.78, 5) is 13.7. The third kappa shape index (κ3) is 4.44. The molecular formula is C22H28N6O2. The average molecular weight is 409 g/mol. The Morgan fingerprint density at radius 1 is 1.20 bits per heavy atom. The number of aryl methyl sites for hydroxylation is 1. The minimum atomic E-state index is -0.130. The Labute approximate surface area is 177 Å². The van der Waals surface area contributed by atoms with Crippen molar-refractivity contribution in [2.24, 2.45) is 7.05 Å². The molecule has 0 amide bonds. The molecule has 158 valence electrons. The molecule has 3 aromatic rings. The molecule has 1 aromatic carbocycles. The van der Waals surface area contributed by atoms with E-state index in [1.165, 1.54) is 5.56 Å². The number of benzene rings is 1. The highest BCUT2D eigenvalue weighted by atomic mass is 16.5. The number of hydrogen-bond acceptors (Lipinski definition) is 7. The van der Waals surface area contributed by atoms with Gasteiger partial charge in [0.25, 0.3) is 0 Å². The summed E-state index contributed by atoms with van der Waals surface area (Å²) in [6, 6.07) is 7.98. The zero-order chi connectivity index (χ0) is 21.1. The first-order valence-electron chi connectivity index (χ1n) is 10.0. The summed E-state index contributed by atoms with van der Waals surface area (Å²) in [5.41, 5.74) is 4.14. The van der Waals surface area contributed by atoms with Crippen LogP contribution in [0.25, 0.3) is 11.1 Å². The van der Waals surface area contributed by atoms with Crippen molar-refractivity contribution in [1.82, 2.24) is 24.6 Å². The van der Waals surface area contributed by atoms with Crippen LogP contribution in [0.1, 0.15) is 17.4 Å². The monoisotopic (exact) mass is 408 g/mol. The lowest BCUT2D eigenvalue weighted by molar-refractivity contribution is -0.0347. The number of rotatable bonds is 6. The van der Waals surface area contributed by atoms with E-state index in [1.54, 1.807) is 7.11 Å². The van der Waals surface area contributed by atoms with Gasteiger partial charge in [-0.25, -0.2) is 9.97 Å². The molecule has 1 fully saturated rings. The van der Waals surface area contributed by atoms with Crippen molar-refractivity contribution < 1.29 is 9.47 Å². The molecule has 1 aliphatic rings. The van der Waals surface area contributed by atoms with Crippen molar-refractivity contribution in [2.75, 3.05) is 45.8 Å². The van der Waals surface area contributed by atoms with Gasteiger partial charge >= 0.3 is 0 Å². The lowest BCUT2D eigenvalue weighted by Crippen LogP contribution is -2.38. The molecule has 8 heteroatoms. The predicted octanol–water partition coefficient (Wildman–Crippen LogP) is 2.53. The molecule has 0 saturated carbocycles. The topological polar surface area (TPSA) is 68.5 Å². The summed E-state index contributed by atoms with van der Waals surface area (Å²) in [5, 5.41) is 4.28. The second-order valence-corrected chi connectivity index (χ2v) is 7.71. The van der Waals surface area contributed by atoms with Gasteiger partial charge in [-0.2, -0.15) is 5.10 Å². The Hall–Kier alpha value is -2.97. The molecule has 2 aromatic heterocycles. The van der Waals surface area contributed by atoms with Crippen LogP contribution in [-0.4, -0.2) is 65.5 Å². The minimum Gasteiger partial charge on any atom is -0.497 e. The molecule has 1 saturated heterocycles. The fourth-order valence-corrected chi connectivity index (χ4v) is 3.66. The van der Waals surface area contributed by atoms with Gasteiger partial charge in [-0.15, -0.1) is 0 Å². The molecule has 1 aliphatic heterocycles. The van der Waals surface area contributed by atoms with E-state index in [9.17, 15) is 0 Å². The van der Waals surface area contributed by atoms with Gasteiger partial charge in [-0.05, 0) is 17.7 Å². The van der Waals surface area contributed by atoms with Crippen molar-refractivity contribution in [3.63, 3.8) is 0 Å². The minimum absolute atomic E-state index is 0.130. The van der Waals surface area contributed by atoms with Crippen LogP contribution in [0, 0.1) is 0 Å². The van der Waals surface area contributed by atoms with Crippen molar-refractivity contribution in [3.8, 4) is 16.9 Å². The SMILES string of the molecule is COc1ccc(-c2cnc(N(C)C)nc2[C@H]2CN(Cc3cnn(C)c3)CCO2)cc1. The maximum Gasteiger partial charge on any atom is 0.225 e. The molecule has 3 heterocycles. The van der Waals surface area contributed by atoms with Gasteiger partial charge in [-0.1, -0.05) is 12.1 Å². The molecule has 0 spiro atoms. The summed E-state index contributed by atoms with van der Waals surface area (Å²) in [6.45, 7) is 3.16. The highest BCUT2D eigenvalue weighted by molar-refractivity contribution is 5.67. The van der Waals surface area contributed by atoms with Gasteiger partial charge in [0.15, 0.2) is 0 Å². The number of morpholine rings is 1. The number of aromatic nitrogens is 4. The van der Waals surface area contributed by atoms with E-state index in [0.717, 1.165) is 42.2 Å². The second kappa shape index (κ2) is 8.81. The smallest absolute Gasteiger partial charge is 0.225 e. The number of anilines is 1. The Balaban J connectivity index is 1.63. The van der Waals surface area contributed by atoms with Crippen LogP contribution in [0.4, 0.5) is 5.95 Å². The summed E-state index contributed by atoms with van der Waals surface area (Å²) < 4.78 is 13.3. The average Bonchev–Trinajstić information content (AvgIpc) is 3.18. The van der Waals surface area contributed by atoms with Crippen LogP contribution in [-0.2, 0) is 18.3 Å². The van der Waals surface area contributed by atoms with E-state index < -0.39 is 0 Å². The van der Waals surface area contributed by atoms with E-state index in [-0.39, 0.29) is 6.10 Å². The highest BCUT2D eigenvalue weighted by Gasteiger charge is 2.27. The van der Waals surface area contributed by atoms with Crippen molar-refractivity contribution >= 4 is 5.95 Å². The maximum absolute atomic E-state index is 6.18. The molecule has 1 atom stereocenters. The van der Waals surface area contributed by atoms with E-state index >= 15 is 0 Å². The van der Waals surface area contributed by atoms with Crippen LogP contribution in [0.5, 0.6) is 5.75 Å². The highest BCUT2D eigenvalue weighted by Crippen LogP contribution is 2.32. The Kier molecular flexibility index (Phi) is 5.96. The fraction of sp³-hybridized carbons (Fsp3) is 0.409. The maximum atomic E-state index is 6.18. The van der Waals surface area contributed by atoms with Gasteiger partial charge in [-0.3, -0.25) is 9.58 Å². The van der Waals surface area contributed by atoms with Gasteiger partial charge in [0, 0.05) is 64.3 Å². The molecular weight excluding hydrogens is 380 g/mol. The number of ether oxygens (including phenoxy) is 2. The van der Waals surface area contributed by atoms with Gasteiger partial charge in [0.2, 0.25) is 5.95 Å². The van der Waals surface area contributed by atoms with E-state index in [2.05, 4.69) is 21.2 Å². The standard InChI is InChI=1S/C22H28N6O2/c1-26(2)22-23-12-19(17-5-7-18(29-4)8-6-17)21(25-22)20-15-28(9-10-30-20)14-16-11-24-27(3)13-16/h5-8,11-13,20H,9-10,14-15H2,1-4H3/t20-/m1/s1. The first-order chi connectivity index (χ1) is 14.5. The van der Waals surface area contributed by atoms with Gasteiger partial charge in [0.1, 0.15) is 11.9 Å². The van der Waals surface area contributed by atoms with Gasteiger partial charge < -0.3 is 14.4 Å². The number of hydrogen-bond donors (Lipinski definition) is 0. The zero-order valence-corrected chi connectivity index (χ0v) is 17.9. The molecule has 0 aliphatic carbocycles. The summed E-state index contributed by atoms with van der Waals surface area (Å²) in [7, 11) is 7.50. The van der Waals surface area contributed by atoms with Crippen LogP contribution in [0.2, 0.25) is 0 Å². The molecule has 0 N–H and O–H groups in total. The van der Waals surface area contributed by atoms with Crippen LogP contribution in [0.15, 0.2) is 42.9 Å². The van der Waals surface area contributed by atoms with Crippen molar-refractivity contribution in [1.29, 1.82) is 0 Å². The van der Waals surface area contributed by atoms with Crippen LogP contribution >= 0.6 is 0 Å². The summed E-state index contributed by atoms with van der Waals surface area (Å²) >= 11 is 0.